The van der Waals surface area contributed by atoms with Crippen molar-refractivity contribution in [3.05, 3.63) is 97.0 Å². The number of rotatable bonds is 5. The molecule has 0 radical (unpaired) electrons. The first-order valence-corrected chi connectivity index (χ1v) is 8.33. The van der Waals surface area contributed by atoms with Crippen LogP contribution in [0.1, 0.15) is 6.92 Å². The zero-order valence-electron chi connectivity index (χ0n) is 14.2. The highest BCUT2D eigenvalue weighted by Gasteiger charge is 2.43. The Morgan fingerprint density at radius 3 is 1.80 bits per heavy atom. The maximum Gasteiger partial charge on any atom is 0.467 e. The van der Waals surface area contributed by atoms with Crippen molar-refractivity contribution in [1.82, 2.24) is 0 Å². The van der Waals surface area contributed by atoms with E-state index in [2.05, 4.69) is 6.58 Å². The average Bonchev–Trinajstić information content (AvgIpc) is 2.70. The molecule has 3 rings (SSSR count). The Kier molecular flexibility index (Phi) is 6.12. The van der Waals surface area contributed by atoms with Crippen molar-refractivity contribution in [2.75, 3.05) is 0 Å². The van der Waals surface area contributed by atoms with Crippen LogP contribution in [0.3, 0.4) is 0 Å². The second kappa shape index (κ2) is 8.72. The molecule has 2 aromatic carbocycles. The Morgan fingerprint density at radius 2 is 1.36 bits per heavy atom. The van der Waals surface area contributed by atoms with Crippen LogP contribution in [0, 0.1) is 0 Å². The molecule has 3 nitrogen and oxygen atoms in total. The van der Waals surface area contributed by atoms with Crippen molar-refractivity contribution in [3.8, 4) is 0 Å². The molecule has 0 spiro atoms. The molecule has 2 aromatic rings. The topological polar surface area (TPSA) is 27.7 Å². The van der Waals surface area contributed by atoms with E-state index in [4.69, 9.17) is 13.7 Å². The minimum atomic E-state index is -0.523. The highest BCUT2D eigenvalue weighted by Crippen LogP contribution is 2.16. The third kappa shape index (κ3) is 4.43. The molecule has 0 aromatic heterocycles. The third-order valence-electron chi connectivity index (χ3n) is 3.92. The maximum atomic E-state index is 6.08. The monoisotopic (exact) mass is 328 g/mol. The number of allylic oxidation sites excluding steroid dienone is 5. The van der Waals surface area contributed by atoms with Crippen molar-refractivity contribution < 1.29 is 13.7 Å². The van der Waals surface area contributed by atoms with Gasteiger partial charge in [0.1, 0.15) is 0 Å². The standard InChI is InChI=1S/C19H19B3O3/c1-3-5-12-17(4-2)20-23-21(18-13-8-6-9-14-18)25-22(24-20)19-15-10-7-11-16-19/h3-16H,1H2,2H3/b12-5-,17-4+. The second-order valence-corrected chi connectivity index (χ2v) is 5.61. The lowest BCUT2D eigenvalue weighted by Crippen LogP contribution is -2.58. The van der Waals surface area contributed by atoms with E-state index in [1.54, 1.807) is 6.08 Å². The lowest BCUT2D eigenvalue weighted by Gasteiger charge is -2.31. The van der Waals surface area contributed by atoms with Crippen LogP contribution in [-0.4, -0.2) is 21.4 Å². The van der Waals surface area contributed by atoms with E-state index in [-0.39, 0.29) is 0 Å². The van der Waals surface area contributed by atoms with Gasteiger partial charge in [-0.05, 0) is 23.3 Å². The Balaban J connectivity index is 1.90. The van der Waals surface area contributed by atoms with E-state index >= 15 is 0 Å². The summed E-state index contributed by atoms with van der Waals surface area (Å²) in [5, 5.41) is 0. The molecular weight excluding hydrogens is 309 g/mol. The molecule has 0 saturated carbocycles. The van der Waals surface area contributed by atoms with Gasteiger partial charge >= 0.3 is 21.4 Å². The van der Waals surface area contributed by atoms with Gasteiger partial charge in [-0.15, -0.1) is 0 Å². The molecule has 0 N–H and O–H groups in total. The number of hydrogen-bond acceptors (Lipinski definition) is 3. The maximum absolute atomic E-state index is 6.08. The van der Waals surface area contributed by atoms with Crippen molar-refractivity contribution in [3.63, 3.8) is 0 Å². The van der Waals surface area contributed by atoms with Gasteiger partial charge in [0.15, 0.2) is 0 Å². The SMILES string of the molecule is C=C/C=C\C(=C/C)B1OB(c2ccccc2)OB(c2ccccc2)O1. The highest BCUT2D eigenvalue weighted by molar-refractivity contribution is 6.85. The predicted octanol–water partition coefficient (Wildman–Crippen LogP) is 2.56. The van der Waals surface area contributed by atoms with Crippen molar-refractivity contribution >= 4 is 32.3 Å². The number of benzene rings is 2. The predicted molar refractivity (Wildman–Crippen MR) is 106 cm³/mol. The zero-order valence-corrected chi connectivity index (χ0v) is 14.2. The van der Waals surface area contributed by atoms with E-state index < -0.39 is 21.4 Å². The molecule has 6 heteroatoms. The third-order valence-corrected chi connectivity index (χ3v) is 3.92. The first-order valence-electron chi connectivity index (χ1n) is 8.33. The molecule has 1 fully saturated rings. The van der Waals surface area contributed by atoms with Crippen molar-refractivity contribution in [2.45, 2.75) is 6.92 Å². The van der Waals surface area contributed by atoms with Gasteiger partial charge < -0.3 is 13.7 Å². The lowest BCUT2D eigenvalue weighted by atomic mass is 9.61. The summed E-state index contributed by atoms with van der Waals surface area (Å²) in [6.45, 7) is 5.68. The summed E-state index contributed by atoms with van der Waals surface area (Å²) >= 11 is 0. The van der Waals surface area contributed by atoms with Gasteiger partial charge in [0, 0.05) is 0 Å². The van der Waals surface area contributed by atoms with Crippen LogP contribution in [0.4, 0.5) is 0 Å². The van der Waals surface area contributed by atoms with E-state index in [1.807, 2.05) is 85.8 Å². The molecule has 0 atom stereocenters. The Bertz CT molecular complexity index is 700. The van der Waals surface area contributed by atoms with E-state index in [0.717, 1.165) is 16.4 Å². The summed E-state index contributed by atoms with van der Waals surface area (Å²) in [4.78, 5) is 0. The van der Waals surface area contributed by atoms with Gasteiger partial charge in [-0.25, -0.2) is 0 Å². The molecular formula is C19H19B3O3. The largest absolute Gasteiger partial charge is 0.467 e. The highest BCUT2D eigenvalue weighted by atomic mass is 16.7. The number of hydrogen-bond donors (Lipinski definition) is 0. The summed E-state index contributed by atoms with van der Waals surface area (Å²) < 4.78 is 18.2. The Morgan fingerprint density at radius 1 is 0.840 bits per heavy atom. The van der Waals surface area contributed by atoms with Gasteiger partial charge in [0.25, 0.3) is 0 Å². The minimum Gasteiger partial charge on any atom is -0.445 e. The van der Waals surface area contributed by atoms with Crippen LogP contribution in [0.15, 0.2) is 97.0 Å². The van der Waals surface area contributed by atoms with Crippen molar-refractivity contribution in [1.29, 1.82) is 0 Å². The molecule has 1 saturated heterocycles. The molecule has 0 unspecified atom stereocenters. The summed E-state index contributed by atoms with van der Waals surface area (Å²) in [5.41, 5.74) is 2.84. The quantitative estimate of drug-likeness (QED) is 0.624. The van der Waals surface area contributed by atoms with Crippen LogP contribution in [0.5, 0.6) is 0 Å². The van der Waals surface area contributed by atoms with Crippen LogP contribution in [0.25, 0.3) is 0 Å². The zero-order chi connectivity index (χ0) is 17.5. The summed E-state index contributed by atoms with van der Waals surface area (Å²) in [7, 11) is -1.53. The molecule has 0 aliphatic carbocycles. The molecule has 1 heterocycles. The van der Waals surface area contributed by atoms with Crippen LogP contribution in [0.2, 0.25) is 0 Å². The van der Waals surface area contributed by atoms with Crippen LogP contribution >= 0.6 is 0 Å². The normalized spacial score (nSPS) is 15.7. The fourth-order valence-corrected chi connectivity index (χ4v) is 2.61. The van der Waals surface area contributed by atoms with Gasteiger partial charge in [0.05, 0.1) is 0 Å². The minimum absolute atomic E-state index is 0.503. The van der Waals surface area contributed by atoms with Gasteiger partial charge in [-0.3, -0.25) is 0 Å². The fourth-order valence-electron chi connectivity index (χ4n) is 2.61. The molecule has 25 heavy (non-hydrogen) atoms. The smallest absolute Gasteiger partial charge is 0.445 e. The van der Waals surface area contributed by atoms with Gasteiger partial charge in [-0.1, -0.05) is 91.5 Å². The lowest BCUT2D eigenvalue weighted by molar-refractivity contribution is 0.306. The first-order chi connectivity index (χ1) is 12.3. The molecule has 0 amide bonds. The van der Waals surface area contributed by atoms with E-state index in [0.29, 0.717) is 0 Å². The Hall–Kier alpha value is -2.27. The van der Waals surface area contributed by atoms with Crippen LogP contribution in [-0.2, 0) is 13.7 Å². The molecule has 122 valence electrons. The first kappa shape index (κ1) is 17.6. The van der Waals surface area contributed by atoms with Gasteiger partial charge in [-0.2, -0.15) is 0 Å². The van der Waals surface area contributed by atoms with Gasteiger partial charge in [0.2, 0.25) is 0 Å². The summed E-state index contributed by atoms with van der Waals surface area (Å²) in [5.74, 6) is 0. The summed E-state index contributed by atoms with van der Waals surface area (Å²) in [6, 6.07) is 19.8. The van der Waals surface area contributed by atoms with Crippen molar-refractivity contribution in [2.24, 2.45) is 0 Å². The second-order valence-electron chi connectivity index (χ2n) is 5.61. The van der Waals surface area contributed by atoms with Crippen LogP contribution < -0.4 is 10.9 Å². The summed E-state index contributed by atoms with van der Waals surface area (Å²) in [6.07, 6.45) is 7.51. The molecule has 1 aliphatic heterocycles. The molecule has 1 aliphatic rings. The fraction of sp³-hybridized carbons (Fsp3) is 0.0526. The molecule has 0 bridgehead atoms. The van der Waals surface area contributed by atoms with E-state index in [9.17, 15) is 0 Å². The Labute approximate surface area is 150 Å². The van der Waals surface area contributed by atoms with E-state index in [1.165, 1.54) is 0 Å². The average molecular weight is 328 g/mol.